The summed E-state index contributed by atoms with van der Waals surface area (Å²) in [5.41, 5.74) is 1.74. The number of sulfonamides is 1. The molecule has 8 heteroatoms. The Morgan fingerprint density at radius 3 is 2.33 bits per heavy atom. The maximum absolute atomic E-state index is 12.1. The minimum Gasteiger partial charge on any atom is -0.313 e. The molecule has 120 valence electrons. The maximum atomic E-state index is 12.1. The number of aryl methyl sites for hydroxylation is 1. The van der Waals surface area contributed by atoms with E-state index < -0.39 is 22.7 Å². The van der Waals surface area contributed by atoms with Crippen molar-refractivity contribution in [3.8, 4) is 0 Å². The van der Waals surface area contributed by atoms with Crippen LogP contribution in [0.5, 0.6) is 0 Å². The molecule has 0 aliphatic heterocycles. The van der Waals surface area contributed by atoms with Crippen LogP contribution in [0.25, 0.3) is 0 Å². The molecule has 0 atom stereocenters. The molecule has 1 aromatic carbocycles. The molecule has 4 nitrogen and oxygen atoms in total. The van der Waals surface area contributed by atoms with E-state index in [0.717, 1.165) is 17.5 Å². The molecule has 0 radical (unpaired) electrons. The summed E-state index contributed by atoms with van der Waals surface area (Å²) in [6.45, 7) is 3.46. The van der Waals surface area contributed by atoms with Crippen molar-refractivity contribution in [1.29, 1.82) is 0 Å². The van der Waals surface area contributed by atoms with Gasteiger partial charge in [-0.25, -0.2) is 13.1 Å². The van der Waals surface area contributed by atoms with Crippen molar-refractivity contribution >= 4 is 10.0 Å². The second-order valence-corrected chi connectivity index (χ2v) is 6.27. The van der Waals surface area contributed by atoms with Crippen molar-refractivity contribution in [2.24, 2.45) is 0 Å². The van der Waals surface area contributed by atoms with Crippen molar-refractivity contribution in [2.75, 3.05) is 13.1 Å². The number of hydrogen-bond donors (Lipinski definition) is 2. The average Bonchev–Trinajstić information content (AvgIpc) is 2.42. The first-order valence-electron chi connectivity index (χ1n) is 6.58. The van der Waals surface area contributed by atoms with Crippen molar-refractivity contribution in [2.45, 2.75) is 37.9 Å². The van der Waals surface area contributed by atoms with Gasteiger partial charge >= 0.3 is 6.18 Å². The van der Waals surface area contributed by atoms with E-state index in [2.05, 4.69) is 5.32 Å². The molecule has 0 bridgehead atoms. The van der Waals surface area contributed by atoms with E-state index in [4.69, 9.17) is 0 Å². The van der Waals surface area contributed by atoms with E-state index in [1.807, 2.05) is 13.8 Å². The van der Waals surface area contributed by atoms with E-state index in [1.54, 1.807) is 10.8 Å². The van der Waals surface area contributed by atoms with Crippen LogP contribution in [0.15, 0.2) is 23.1 Å². The first-order chi connectivity index (χ1) is 9.69. The van der Waals surface area contributed by atoms with Crippen LogP contribution in [0.1, 0.15) is 25.0 Å². The molecule has 0 unspecified atom stereocenters. The molecule has 0 aliphatic carbocycles. The van der Waals surface area contributed by atoms with Crippen LogP contribution >= 0.6 is 0 Å². The fraction of sp³-hybridized carbons (Fsp3) is 0.538. The number of alkyl halides is 3. The summed E-state index contributed by atoms with van der Waals surface area (Å²) < 4.78 is 61.7. The van der Waals surface area contributed by atoms with Gasteiger partial charge < -0.3 is 5.32 Å². The van der Waals surface area contributed by atoms with Crippen molar-refractivity contribution in [3.63, 3.8) is 0 Å². The van der Waals surface area contributed by atoms with Gasteiger partial charge in [-0.3, -0.25) is 0 Å². The Hall–Kier alpha value is -1.12. The Morgan fingerprint density at radius 2 is 1.81 bits per heavy atom. The normalized spacial score (nSPS) is 12.6. The smallest absolute Gasteiger partial charge is 0.313 e. The van der Waals surface area contributed by atoms with Gasteiger partial charge in [0.15, 0.2) is 0 Å². The minimum atomic E-state index is -4.58. The van der Waals surface area contributed by atoms with Crippen LogP contribution in [0.3, 0.4) is 0 Å². The average molecular weight is 324 g/mol. The van der Waals surface area contributed by atoms with Crippen LogP contribution < -0.4 is 10.0 Å². The molecule has 0 saturated heterocycles. The highest BCUT2D eigenvalue weighted by Crippen LogP contribution is 2.19. The zero-order valence-electron chi connectivity index (χ0n) is 11.9. The molecule has 0 heterocycles. The van der Waals surface area contributed by atoms with Crippen LogP contribution in [0, 0.1) is 0 Å². The summed E-state index contributed by atoms with van der Waals surface area (Å²) in [7, 11) is -4.16. The Balaban J connectivity index is 3.01. The molecule has 0 saturated carbocycles. The molecular formula is C13H19F3N2O2S. The lowest BCUT2D eigenvalue weighted by atomic mass is 10.1. The number of rotatable bonds is 7. The lowest BCUT2D eigenvalue weighted by Crippen LogP contribution is -2.33. The predicted molar refractivity (Wildman–Crippen MR) is 74.4 cm³/mol. The van der Waals surface area contributed by atoms with Gasteiger partial charge in [-0.1, -0.05) is 19.9 Å². The summed E-state index contributed by atoms with van der Waals surface area (Å²) in [4.78, 5) is -0.156. The SMILES string of the molecule is CCNCc1cc(S(=O)(=O)NCC(F)(F)F)ccc1CC. The second-order valence-electron chi connectivity index (χ2n) is 4.50. The summed E-state index contributed by atoms with van der Waals surface area (Å²) in [5, 5.41) is 3.08. The van der Waals surface area contributed by atoms with E-state index in [9.17, 15) is 21.6 Å². The maximum Gasteiger partial charge on any atom is 0.402 e. The van der Waals surface area contributed by atoms with E-state index >= 15 is 0 Å². The van der Waals surface area contributed by atoms with Gasteiger partial charge in [0.1, 0.15) is 6.54 Å². The fourth-order valence-electron chi connectivity index (χ4n) is 1.80. The zero-order chi connectivity index (χ0) is 16.1. The number of hydrogen-bond acceptors (Lipinski definition) is 3. The lowest BCUT2D eigenvalue weighted by Gasteiger charge is -2.13. The number of benzene rings is 1. The third kappa shape index (κ3) is 5.64. The minimum absolute atomic E-state index is 0.156. The van der Waals surface area contributed by atoms with Crippen molar-refractivity contribution < 1.29 is 21.6 Å². The molecule has 2 N–H and O–H groups in total. The third-order valence-corrected chi connectivity index (χ3v) is 4.30. The predicted octanol–water partition coefficient (Wildman–Crippen LogP) is 2.20. The van der Waals surface area contributed by atoms with Crippen LogP contribution in [-0.2, 0) is 23.0 Å². The standard InChI is InChI=1S/C13H19F3N2O2S/c1-3-10-5-6-12(7-11(10)8-17-4-2)21(19,20)18-9-13(14,15)16/h5-7,17-18H,3-4,8-9H2,1-2H3. The monoisotopic (exact) mass is 324 g/mol. The van der Waals surface area contributed by atoms with E-state index in [1.165, 1.54) is 12.1 Å². The molecule has 1 aromatic rings. The Kier molecular flexibility index (Phi) is 6.18. The van der Waals surface area contributed by atoms with Gasteiger partial charge in [0.2, 0.25) is 10.0 Å². The number of halogens is 3. The summed E-state index contributed by atoms with van der Waals surface area (Å²) in [6, 6.07) is 4.38. The van der Waals surface area contributed by atoms with Gasteiger partial charge in [-0.05, 0) is 36.2 Å². The van der Waals surface area contributed by atoms with Crippen LogP contribution in [0.2, 0.25) is 0 Å². The first-order valence-corrected chi connectivity index (χ1v) is 8.07. The Morgan fingerprint density at radius 1 is 1.14 bits per heavy atom. The summed E-state index contributed by atoms with van der Waals surface area (Å²) in [5.74, 6) is 0. The highest BCUT2D eigenvalue weighted by atomic mass is 32.2. The molecule has 1 rings (SSSR count). The molecule has 0 amide bonds. The third-order valence-electron chi connectivity index (χ3n) is 2.90. The lowest BCUT2D eigenvalue weighted by molar-refractivity contribution is -0.121. The quantitative estimate of drug-likeness (QED) is 0.808. The summed E-state index contributed by atoms with van der Waals surface area (Å²) >= 11 is 0. The van der Waals surface area contributed by atoms with Gasteiger partial charge in [-0.15, -0.1) is 0 Å². The summed E-state index contributed by atoms with van der Waals surface area (Å²) in [6.07, 6.45) is -3.86. The highest BCUT2D eigenvalue weighted by molar-refractivity contribution is 7.89. The van der Waals surface area contributed by atoms with Gasteiger partial charge in [0, 0.05) is 6.54 Å². The molecule has 0 aliphatic rings. The fourth-order valence-corrected chi connectivity index (χ4v) is 2.86. The zero-order valence-corrected chi connectivity index (χ0v) is 12.7. The van der Waals surface area contributed by atoms with Gasteiger partial charge in [-0.2, -0.15) is 13.2 Å². The number of nitrogens with one attached hydrogen (secondary N) is 2. The van der Waals surface area contributed by atoms with Crippen LogP contribution in [-0.4, -0.2) is 27.7 Å². The Bertz CT molecular complexity index is 571. The van der Waals surface area contributed by atoms with Gasteiger partial charge in [0.25, 0.3) is 0 Å². The first kappa shape index (κ1) is 17.9. The van der Waals surface area contributed by atoms with E-state index in [-0.39, 0.29) is 4.90 Å². The highest BCUT2D eigenvalue weighted by Gasteiger charge is 2.30. The molecule has 0 aromatic heterocycles. The van der Waals surface area contributed by atoms with Crippen molar-refractivity contribution in [1.82, 2.24) is 10.0 Å². The molecule has 0 spiro atoms. The van der Waals surface area contributed by atoms with Crippen LogP contribution in [0.4, 0.5) is 13.2 Å². The largest absolute Gasteiger partial charge is 0.402 e. The van der Waals surface area contributed by atoms with Crippen molar-refractivity contribution in [3.05, 3.63) is 29.3 Å². The molecule has 0 fully saturated rings. The second kappa shape index (κ2) is 7.24. The van der Waals surface area contributed by atoms with Gasteiger partial charge in [0.05, 0.1) is 4.90 Å². The molecular weight excluding hydrogens is 305 g/mol. The molecule has 21 heavy (non-hydrogen) atoms. The Labute approximate surface area is 122 Å². The van der Waals surface area contributed by atoms with E-state index in [0.29, 0.717) is 13.1 Å². The topological polar surface area (TPSA) is 58.2 Å².